The van der Waals surface area contributed by atoms with E-state index in [-0.39, 0.29) is 18.5 Å². The van der Waals surface area contributed by atoms with Crippen molar-refractivity contribution in [2.45, 2.75) is 19.0 Å². The molecule has 17 heavy (non-hydrogen) atoms. The maximum Gasteiger partial charge on any atom is 0.471 e. The molecule has 0 bridgehead atoms. The van der Waals surface area contributed by atoms with Crippen molar-refractivity contribution in [1.82, 2.24) is 5.16 Å². The molecule has 0 spiro atoms. The zero-order valence-corrected chi connectivity index (χ0v) is 8.24. The van der Waals surface area contributed by atoms with E-state index < -0.39 is 23.9 Å². The molecule has 0 aliphatic heterocycles. The summed E-state index contributed by atoms with van der Waals surface area (Å²) in [5.74, 6) is -3.74. The van der Waals surface area contributed by atoms with Crippen LogP contribution in [0.25, 0.3) is 0 Å². The zero-order valence-electron chi connectivity index (χ0n) is 8.24. The first-order chi connectivity index (χ1) is 7.79. The summed E-state index contributed by atoms with van der Waals surface area (Å²) in [5, 5.41) is 13.1. The Labute approximate surface area is 92.4 Å². The number of rotatable bonds is 4. The number of aliphatic carboxylic acids is 1. The van der Waals surface area contributed by atoms with Crippen LogP contribution in [0.3, 0.4) is 0 Å². The molecule has 1 rings (SSSR count). The minimum Gasteiger partial charge on any atom is -0.481 e. The van der Waals surface area contributed by atoms with Crippen molar-refractivity contribution in [3.8, 4) is 0 Å². The molecule has 94 valence electrons. The van der Waals surface area contributed by atoms with E-state index in [1.54, 1.807) is 0 Å². The van der Waals surface area contributed by atoms with Gasteiger partial charge in [0.25, 0.3) is 0 Å². The molecule has 2 N–H and O–H groups in total. The lowest BCUT2D eigenvalue weighted by Gasteiger charge is -2.03. The van der Waals surface area contributed by atoms with Crippen LogP contribution in [0.5, 0.6) is 0 Å². The average Bonchev–Trinajstić information content (AvgIpc) is 2.61. The molecule has 9 heteroatoms. The van der Waals surface area contributed by atoms with Gasteiger partial charge in [0, 0.05) is 12.5 Å². The Balaban J connectivity index is 2.57. The molecular weight excluding hydrogens is 245 g/mol. The third kappa shape index (κ3) is 4.13. The molecule has 0 radical (unpaired) electrons. The van der Waals surface area contributed by atoms with Crippen LogP contribution in [0.15, 0.2) is 10.6 Å². The van der Waals surface area contributed by atoms with Gasteiger partial charge in [-0.15, -0.1) is 0 Å². The second kappa shape index (κ2) is 4.85. The molecule has 0 unspecified atom stereocenters. The lowest BCUT2D eigenvalue weighted by Crippen LogP contribution is -2.29. The molecule has 0 aliphatic carbocycles. The molecule has 1 heterocycles. The highest BCUT2D eigenvalue weighted by Crippen LogP contribution is 2.19. The molecule has 1 aromatic heterocycles. The Bertz CT molecular complexity index is 427. The Morgan fingerprint density at radius 3 is 2.65 bits per heavy atom. The molecule has 1 aromatic rings. The summed E-state index contributed by atoms with van der Waals surface area (Å²) in [7, 11) is 0. The fourth-order valence-corrected chi connectivity index (χ4v) is 0.906. The van der Waals surface area contributed by atoms with Crippen molar-refractivity contribution in [3.05, 3.63) is 11.8 Å². The summed E-state index contributed by atoms with van der Waals surface area (Å²) in [6.07, 6.45) is -5.26. The van der Waals surface area contributed by atoms with Gasteiger partial charge in [-0.25, -0.2) is 0 Å². The second-order valence-electron chi connectivity index (χ2n) is 3.03. The van der Waals surface area contributed by atoms with Gasteiger partial charge in [-0.05, 0) is 0 Å². The predicted molar refractivity (Wildman–Crippen MR) is 47.1 cm³/mol. The number of carboxylic acids is 1. The quantitative estimate of drug-likeness (QED) is 0.839. The third-order valence-electron chi connectivity index (χ3n) is 1.65. The van der Waals surface area contributed by atoms with Crippen molar-refractivity contribution in [3.63, 3.8) is 0 Å². The Morgan fingerprint density at radius 1 is 1.47 bits per heavy atom. The number of anilines is 1. The van der Waals surface area contributed by atoms with Gasteiger partial charge in [0.15, 0.2) is 0 Å². The minimum absolute atomic E-state index is 0.000716. The van der Waals surface area contributed by atoms with E-state index >= 15 is 0 Å². The number of amides is 1. The number of halogens is 3. The molecule has 1 amide bonds. The number of carbonyl (C=O) groups is 2. The van der Waals surface area contributed by atoms with Crippen molar-refractivity contribution in [2.24, 2.45) is 0 Å². The maximum atomic E-state index is 11.8. The highest BCUT2D eigenvalue weighted by Gasteiger charge is 2.39. The van der Waals surface area contributed by atoms with E-state index in [9.17, 15) is 22.8 Å². The minimum atomic E-state index is -5.02. The van der Waals surface area contributed by atoms with Gasteiger partial charge in [0.2, 0.25) is 5.88 Å². The molecular formula is C8H7F3N2O4. The molecule has 6 nitrogen and oxygen atoms in total. The summed E-state index contributed by atoms with van der Waals surface area (Å²) in [4.78, 5) is 20.7. The van der Waals surface area contributed by atoms with Crippen molar-refractivity contribution in [1.29, 1.82) is 0 Å². The highest BCUT2D eigenvalue weighted by atomic mass is 19.4. The van der Waals surface area contributed by atoms with Crippen LogP contribution in [0.2, 0.25) is 0 Å². The number of carbonyl (C=O) groups excluding carboxylic acids is 1. The SMILES string of the molecule is O=C(O)CCc1cc(NC(=O)C(F)(F)F)on1. The number of nitrogens with one attached hydrogen (secondary N) is 1. The van der Waals surface area contributed by atoms with Gasteiger partial charge in [-0.3, -0.25) is 14.9 Å². The summed E-state index contributed by atoms with van der Waals surface area (Å²) < 4.78 is 39.9. The lowest BCUT2D eigenvalue weighted by atomic mass is 10.2. The summed E-state index contributed by atoms with van der Waals surface area (Å²) >= 11 is 0. The van der Waals surface area contributed by atoms with Crippen LogP contribution >= 0.6 is 0 Å². The van der Waals surface area contributed by atoms with E-state index in [0.29, 0.717) is 0 Å². The second-order valence-corrected chi connectivity index (χ2v) is 3.03. The van der Waals surface area contributed by atoms with Crippen LogP contribution in [0.4, 0.5) is 19.1 Å². The van der Waals surface area contributed by atoms with Crippen molar-refractivity contribution in [2.75, 3.05) is 5.32 Å². The Hall–Kier alpha value is -2.06. The molecule has 0 atom stereocenters. The van der Waals surface area contributed by atoms with Gasteiger partial charge < -0.3 is 9.63 Å². The van der Waals surface area contributed by atoms with Gasteiger partial charge in [0.1, 0.15) is 0 Å². The van der Waals surface area contributed by atoms with Crippen LogP contribution in [-0.2, 0) is 16.0 Å². The molecule has 0 saturated carbocycles. The number of aromatic nitrogens is 1. The van der Waals surface area contributed by atoms with E-state index in [1.165, 1.54) is 5.32 Å². The molecule has 0 aromatic carbocycles. The van der Waals surface area contributed by atoms with Gasteiger partial charge in [0.05, 0.1) is 12.1 Å². The maximum absolute atomic E-state index is 11.8. The zero-order chi connectivity index (χ0) is 13.1. The number of hydrogen-bond donors (Lipinski definition) is 2. The number of alkyl halides is 3. The largest absolute Gasteiger partial charge is 0.481 e. The van der Waals surface area contributed by atoms with E-state index in [4.69, 9.17) is 5.11 Å². The van der Waals surface area contributed by atoms with Crippen molar-refractivity contribution >= 4 is 17.8 Å². The smallest absolute Gasteiger partial charge is 0.471 e. The van der Waals surface area contributed by atoms with Crippen LogP contribution in [0, 0.1) is 0 Å². The molecule has 0 saturated heterocycles. The van der Waals surface area contributed by atoms with Crippen LogP contribution in [0.1, 0.15) is 12.1 Å². The summed E-state index contributed by atoms with van der Waals surface area (Å²) in [6, 6.07) is 1.03. The van der Waals surface area contributed by atoms with Gasteiger partial charge in [-0.1, -0.05) is 5.16 Å². The van der Waals surface area contributed by atoms with Crippen LogP contribution < -0.4 is 5.32 Å². The monoisotopic (exact) mass is 252 g/mol. The Kier molecular flexibility index (Phi) is 3.71. The van der Waals surface area contributed by atoms with Crippen molar-refractivity contribution < 1.29 is 32.4 Å². The third-order valence-corrected chi connectivity index (χ3v) is 1.65. The topological polar surface area (TPSA) is 92.4 Å². The number of hydrogen-bond acceptors (Lipinski definition) is 4. The normalized spacial score (nSPS) is 11.2. The number of carboxylic acid groups (broad SMARTS) is 1. The average molecular weight is 252 g/mol. The fourth-order valence-electron chi connectivity index (χ4n) is 0.906. The fraction of sp³-hybridized carbons (Fsp3) is 0.375. The molecule has 0 aliphatic rings. The summed E-state index contributed by atoms with van der Waals surface area (Å²) in [6.45, 7) is 0. The van der Waals surface area contributed by atoms with E-state index in [2.05, 4.69) is 9.68 Å². The van der Waals surface area contributed by atoms with E-state index in [0.717, 1.165) is 6.07 Å². The predicted octanol–water partition coefficient (Wildman–Crippen LogP) is 1.19. The number of nitrogens with zero attached hydrogens (tertiary/aromatic N) is 1. The molecule has 0 fully saturated rings. The summed E-state index contributed by atoms with van der Waals surface area (Å²) in [5.41, 5.74) is 0.143. The standard InChI is InChI=1S/C8H7F3N2O4/c9-8(10,11)7(16)12-5-3-4(13-17-5)1-2-6(14)15/h3H,1-2H2,(H,12,16)(H,14,15). The first-order valence-corrected chi connectivity index (χ1v) is 4.34. The first-order valence-electron chi connectivity index (χ1n) is 4.34. The van der Waals surface area contributed by atoms with E-state index in [1.807, 2.05) is 0 Å². The Morgan fingerprint density at radius 2 is 2.12 bits per heavy atom. The first kappa shape index (κ1) is 13.0. The lowest BCUT2D eigenvalue weighted by molar-refractivity contribution is -0.167. The van der Waals surface area contributed by atoms with Gasteiger partial charge in [-0.2, -0.15) is 13.2 Å². The van der Waals surface area contributed by atoms with Gasteiger partial charge >= 0.3 is 18.1 Å². The number of aryl methyl sites for hydroxylation is 1. The highest BCUT2D eigenvalue weighted by molar-refractivity contribution is 5.93. The van der Waals surface area contributed by atoms with Crippen LogP contribution in [-0.4, -0.2) is 28.3 Å².